The van der Waals surface area contributed by atoms with Crippen molar-refractivity contribution in [2.75, 3.05) is 18.4 Å². The maximum absolute atomic E-state index is 10.4. The minimum absolute atomic E-state index is 0.346. The summed E-state index contributed by atoms with van der Waals surface area (Å²) in [4.78, 5) is 10.8. The largest absolute Gasteiger partial charge is 0.389 e. The topological polar surface area (TPSA) is 93.2 Å². The maximum atomic E-state index is 10.4. The number of primary amides is 1. The lowest BCUT2D eigenvalue weighted by Crippen LogP contribution is -2.33. The van der Waals surface area contributed by atoms with Crippen LogP contribution in [-0.4, -0.2) is 24.1 Å². The number of nitrogens with one attached hydrogen (secondary N) is 2. The lowest BCUT2D eigenvalue weighted by molar-refractivity contribution is 0.249. The fraction of sp³-hybridized carbons (Fsp3) is 0.200. The summed E-state index contributed by atoms with van der Waals surface area (Å²) in [5.41, 5.74) is 12.2. The quantitative estimate of drug-likeness (QED) is 0.484. The Bertz CT molecular complexity index is 438. The Morgan fingerprint density at radius 3 is 2.59 bits per heavy atom. The zero-order valence-electron chi connectivity index (χ0n) is 9.00. The Kier molecular flexibility index (Phi) is 5.17. The monoisotopic (exact) mass is 316 g/mol. The molecule has 0 saturated carbocycles. The summed E-state index contributed by atoms with van der Waals surface area (Å²) in [6.07, 6.45) is 0. The standard InChI is InChI=1S/C10H13BrN4OS/c11-8-5-6(1-2-7(8)9(12)17)14-3-4-15-10(13)16/h1-2,5,14H,3-4H2,(H2,12,17)(H3,13,15,16). The van der Waals surface area contributed by atoms with Crippen LogP contribution in [0.15, 0.2) is 22.7 Å². The molecule has 92 valence electrons. The van der Waals surface area contributed by atoms with E-state index in [1.165, 1.54) is 0 Å². The molecule has 2 amide bonds. The third-order valence-electron chi connectivity index (χ3n) is 1.99. The Balaban J connectivity index is 2.53. The number of thiocarbonyl (C=S) groups is 1. The first-order valence-electron chi connectivity index (χ1n) is 4.87. The second kappa shape index (κ2) is 6.41. The van der Waals surface area contributed by atoms with Crippen LogP contribution in [0.1, 0.15) is 5.56 Å². The van der Waals surface area contributed by atoms with Crippen LogP contribution in [0.25, 0.3) is 0 Å². The van der Waals surface area contributed by atoms with Crippen molar-refractivity contribution >= 4 is 44.9 Å². The van der Waals surface area contributed by atoms with Crippen LogP contribution >= 0.6 is 28.1 Å². The van der Waals surface area contributed by atoms with Gasteiger partial charge in [0.05, 0.1) is 0 Å². The molecule has 0 atom stereocenters. The molecule has 0 fully saturated rings. The molecule has 0 aliphatic carbocycles. The molecule has 0 saturated heterocycles. The van der Waals surface area contributed by atoms with Crippen LogP contribution in [0.2, 0.25) is 0 Å². The molecule has 0 aromatic heterocycles. The highest BCUT2D eigenvalue weighted by Gasteiger charge is 2.03. The van der Waals surface area contributed by atoms with Crippen molar-refractivity contribution in [1.29, 1.82) is 0 Å². The second-order valence-electron chi connectivity index (χ2n) is 3.28. The molecule has 17 heavy (non-hydrogen) atoms. The molecule has 0 bridgehead atoms. The summed E-state index contributed by atoms with van der Waals surface area (Å²) in [6, 6.07) is 5.04. The highest BCUT2D eigenvalue weighted by atomic mass is 79.9. The Morgan fingerprint density at radius 2 is 2.06 bits per heavy atom. The van der Waals surface area contributed by atoms with Crippen molar-refractivity contribution < 1.29 is 4.79 Å². The van der Waals surface area contributed by atoms with E-state index in [1.807, 2.05) is 18.2 Å². The van der Waals surface area contributed by atoms with E-state index in [-0.39, 0.29) is 0 Å². The van der Waals surface area contributed by atoms with E-state index in [0.717, 1.165) is 15.7 Å². The average molecular weight is 317 g/mol. The Morgan fingerprint density at radius 1 is 1.35 bits per heavy atom. The summed E-state index contributed by atoms with van der Waals surface area (Å²) in [7, 11) is 0. The molecule has 1 aromatic rings. The van der Waals surface area contributed by atoms with E-state index in [2.05, 4.69) is 26.6 Å². The van der Waals surface area contributed by atoms with E-state index in [4.69, 9.17) is 23.7 Å². The number of anilines is 1. The number of amides is 2. The molecule has 0 aliphatic heterocycles. The van der Waals surface area contributed by atoms with Crippen LogP contribution in [0, 0.1) is 0 Å². The highest BCUT2D eigenvalue weighted by Crippen LogP contribution is 2.21. The fourth-order valence-corrected chi connectivity index (χ4v) is 2.12. The van der Waals surface area contributed by atoms with Gasteiger partial charge >= 0.3 is 6.03 Å². The number of urea groups is 1. The number of hydrogen-bond acceptors (Lipinski definition) is 3. The Hall–Kier alpha value is -1.34. The SMILES string of the molecule is NC(=O)NCCNc1ccc(C(N)=S)c(Br)c1. The second-order valence-corrected chi connectivity index (χ2v) is 4.57. The van der Waals surface area contributed by atoms with Gasteiger partial charge in [-0.25, -0.2) is 4.79 Å². The van der Waals surface area contributed by atoms with Gasteiger partial charge in [0.2, 0.25) is 0 Å². The molecule has 6 N–H and O–H groups in total. The third-order valence-corrected chi connectivity index (χ3v) is 2.86. The highest BCUT2D eigenvalue weighted by molar-refractivity contribution is 9.10. The van der Waals surface area contributed by atoms with E-state index >= 15 is 0 Å². The van der Waals surface area contributed by atoms with Crippen LogP contribution in [0.5, 0.6) is 0 Å². The smallest absolute Gasteiger partial charge is 0.312 e. The average Bonchev–Trinajstić information content (AvgIpc) is 2.23. The summed E-state index contributed by atoms with van der Waals surface area (Å²) in [6.45, 7) is 1.05. The van der Waals surface area contributed by atoms with Gasteiger partial charge in [-0.2, -0.15) is 0 Å². The Labute approximate surface area is 113 Å². The molecule has 7 heteroatoms. The van der Waals surface area contributed by atoms with Gasteiger partial charge in [-0.3, -0.25) is 0 Å². The van der Waals surface area contributed by atoms with E-state index < -0.39 is 6.03 Å². The fourth-order valence-electron chi connectivity index (χ4n) is 1.22. The minimum Gasteiger partial charge on any atom is -0.389 e. The van der Waals surface area contributed by atoms with Gasteiger partial charge in [-0.05, 0) is 34.1 Å². The molecule has 1 aromatic carbocycles. The van der Waals surface area contributed by atoms with Crippen molar-refractivity contribution in [3.63, 3.8) is 0 Å². The first-order chi connectivity index (χ1) is 8.00. The number of carbonyl (C=O) groups excluding carboxylic acids is 1. The van der Waals surface area contributed by atoms with Gasteiger partial charge < -0.3 is 22.1 Å². The van der Waals surface area contributed by atoms with E-state index in [9.17, 15) is 4.79 Å². The minimum atomic E-state index is -0.531. The van der Waals surface area contributed by atoms with Crippen LogP contribution in [-0.2, 0) is 0 Å². The lowest BCUT2D eigenvalue weighted by Gasteiger charge is -2.09. The predicted octanol–water partition coefficient (Wildman–Crippen LogP) is 1.16. The first-order valence-corrected chi connectivity index (χ1v) is 6.07. The summed E-state index contributed by atoms with van der Waals surface area (Å²) < 4.78 is 0.831. The van der Waals surface area contributed by atoms with Gasteiger partial charge in [0.1, 0.15) is 4.99 Å². The van der Waals surface area contributed by atoms with Crippen molar-refractivity contribution in [3.05, 3.63) is 28.2 Å². The molecule has 0 radical (unpaired) electrons. The number of hydrogen-bond donors (Lipinski definition) is 4. The normalized spacial score (nSPS) is 9.71. The number of nitrogens with two attached hydrogens (primary N) is 2. The molecule has 0 aliphatic rings. The summed E-state index contributed by atoms with van der Waals surface area (Å²) in [5.74, 6) is 0. The zero-order chi connectivity index (χ0) is 12.8. The van der Waals surface area contributed by atoms with E-state index in [0.29, 0.717) is 18.1 Å². The van der Waals surface area contributed by atoms with Crippen LogP contribution < -0.4 is 22.1 Å². The molecule has 5 nitrogen and oxygen atoms in total. The van der Waals surface area contributed by atoms with Gasteiger partial charge in [0.25, 0.3) is 0 Å². The van der Waals surface area contributed by atoms with Gasteiger partial charge in [-0.1, -0.05) is 12.2 Å². The number of rotatable bonds is 5. The van der Waals surface area contributed by atoms with Crippen molar-refractivity contribution in [3.8, 4) is 0 Å². The molecular weight excluding hydrogens is 304 g/mol. The number of benzene rings is 1. The molecule has 0 unspecified atom stereocenters. The van der Waals surface area contributed by atoms with Gasteiger partial charge in [0, 0.05) is 28.8 Å². The van der Waals surface area contributed by atoms with Crippen molar-refractivity contribution in [2.45, 2.75) is 0 Å². The molecular formula is C10H13BrN4OS. The van der Waals surface area contributed by atoms with Crippen molar-refractivity contribution in [1.82, 2.24) is 5.32 Å². The summed E-state index contributed by atoms with van der Waals surface area (Å²) >= 11 is 8.28. The van der Waals surface area contributed by atoms with Crippen LogP contribution in [0.3, 0.4) is 0 Å². The van der Waals surface area contributed by atoms with Gasteiger partial charge in [0.15, 0.2) is 0 Å². The lowest BCUT2D eigenvalue weighted by atomic mass is 10.2. The molecule has 0 spiro atoms. The van der Waals surface area contributed by atoms with Crippen LogP contribution in [0.4, 0.5) is 10.5 Å². The van der Waals surface area contributed by atoms with E-state index in [1.54, 1.807) is 0 Å². The van der Waals surface area contributed by atoms with Gasteiger partial charge in [-0.15, -0.1) is 0 Å². The third kappa shape index (κ3) is 4.58. The number of carbonyl (C=O) groups is 1. The maximum Gasteiger partial charge on any atom is 0.312 e. The molecule has 0 heterocycles. The summed E-state index contributed by atoms with van der Waals surface area (Å²) in [5, 5.41) is 5.61. The first kappa shape index (κ1) is 13.7. The molecule has 1 rings (SSSR count). The van der Waals surface area contributed by atoms with Crippen molar-refractivity contribution in [2.24, 2.45) is 11.5 Å². The number of halogens is 1. The zero-order valence-corrected chi connectivity index (χ0v) is 11.4. The predicted molar refractivity (Wildman–Crippen MR) is 76.1 cm³/mol.